The zero-order valence-corrected chi connectivity index (χ0v) is 11.9. The lowest BCUT2D eigenvalue weighted by Crippen LogP contribution is -2.38. The molecule has 0 saturated heterocycles. The van der Waals surface area contributed by atoms with Gasteiger partial charge >= 0.3 is 6.18 Å². The van der Waals surface area contributed by atoms with E-state index in [-0.39, 0.29) is 23.7 Å². The van der Waals surface area contributed by atoms with Gasteiger partial charge in [-0.3, -0.25) is 4.79 Å². The maximum Gasteiger partial charge on any atom is 0.406 e. The fraction of sp³-hybridized carbons (Fsp3) is 0.357. The Balaban J connectivity index is 2.99. The average Bonchev–Trinajstić information content (AvgIpc) is 2.41. The van der Waals surface area contributed by atoms with Crippen LogP contribution in [0.3, 0.4) is 0 Å². The van der Waals surface area contributed by atoms with E-state index < -0.39 is 18.6 Å². The van der Waals surface area contributed by atoms with Crippen LogP contribution in [0.15, 0.2) is 18.2 Å². The van der Waals surface area contributed by atoms with E-state index in [0.717, 1.165) is 0 Å². The van der Waals surface area contributed by atoms with Gasteiger partial charge in [-0.25, -0.2) is 0 Å². The Bertz CT molecular complexity index is 576. The first-order valence-electron chi connectivity index (χ1n) is 6.03. The third-order valence-electron chi connectivity index (χ3n) is 2.56. The highest BCUT2D eigenvalue weighted by Gasteiger charge is 2.32. The molecule has 1 rings (SSSR count). The third-order valence-corrected chi connectivity index (χ3v) is 2.87. The largest absolute Gasteiger partial charge is 0.406 e. The van der Waals surface area contributed by atoms with Crippen molar-refractivity contribution in [3.63, 3.8) is 0 Å². The van der Waals surface area contributed by atoms with Crippen molar-refractivity contribution in [3.05, 3.63) is 34.3 Å². The van der Waals surface area contributed by atoms with Gasteiger partial charge in [-0.05, 0) is 25.1 Å². The van der Waals surface area contributed by atoms with Gasteiger partial charge in [0.15, 0.2) is 0 Å². The first kappa shape index (κ1) is 17.3. The summed E-state index contributed by atoms with van der Waals surface area (Å²) in [4.78, 5) is 12.7. The van der Waals surface area contributed by atoms with Crippen LogP contribution in [0, 0.1) is 11.8 Å². The second kappa shape index (κ2) is 7.34. The quantitative estimate of drug-likeness (QED) is 0.870. The van der Waals surface area contributed by atoms with E-state index in [9.17, 15) is 18.0 Å². The Hall–Kier alpha value is -1.71. The second-order valence-corrected chi connectivity index (χ2v) is 4.50. The Morgan fingerprint density at radius 3 is 2.57 bits per heavy atom. The highest BCUT2D eigenvalue weighted by atomic mass is 35.5. The number of halogens is 4. The van der Waals surface area contributed by atoms with Gasteiger partial charge in [0, 0.05) is 17.7 Å². The molecule has 0 aliphatic rings. The van der Waals surface area contributed by atoms with Crippen LogP contribution in [0.5, 0.6) is 0 Å². The molecule has 0 unspecified atom stereocenters. The topological polar surface area (TPSA) is 40.5 Å². The molecule has 0 atom stereocenters. The summed E-state index contributed by atoms with van der Waals surface area (Å²) in [5, 5.41) is 8.73. The van der Waals surface area contributed by atoms with E-state index in [2.05, 4.69) is 11.8 Å². The van der Waals surface area contributed by atoms with Gasteiger partial charge in [0.2, 0.25) is 0 Å². The molecule has 0 heterocycles. The number of amides is 1. The fourth-order valence-electron chi connectivity index (χ4n) is 1.61. The molecule has 0 aliphatic heterocycles. The highest BCUT2D eigenvalue weighted by Crippen LogP contribution is 2.21. The molecule has 1 aromatic carbocycles. The van der Waals surface area contributed by atoms with E-state index in [1.165, 1.54) is 25.1 Å². The summed E-state index contributed by atoms with van der Waals surface area (Å²) in [5.41, 5.74) is 0.446. The van der Waals surface area contributed by atoms with Gasteiger partial charge in [0.25, 0.3) is 5.91 Å². The molecule has 114 valence electrons. The highest BCUT2D eigenvalue weighted by molar-refractivity contribution is 6.32. The summed E-state index contributed by atoms with van der Waals surface area (Å²) >= 11 is 5.91. The van der Waals surface area contributed by atoms with E-state index >= 15 is 0 Å². The van der Waals surface area contributed by atoms with E-state index in [4.69, 9.17) is 16.7 Å². The molecule has 0 aromatic heterocycles. The lowest BCUT2D eigenvalue weighted by atomic mass is 10.1. The van der Waals surface area contributed by atoms with Crippen LogP contribution < -0.4 is 0 Å². The zero-order valence-electron chi connectivity index (χ0n) is 11.2. The van der Waals surface area contributed by atoms with E-state index in [1.807, 2.05) is 0 Å². The van der Waals surface area contributed by atoms with Crippen molar-refractivity contribution in [1.82, 2.24) is 4.90 Å². The van der Waals surface area contributed by atoms with Crippen LogP contribution in [0.25, 0.3) is 0 Å². The predicted octanol–water partition coefficient (Wildman–Crippen LogP) is 2.71. The first-order chi connectivity index (χ1) is 9.78. The molecule has 1 amide bonds. The number of hydrogen-bond donors (Lipinski definition) is 1. The van der Waals surface area contributed by atoms with Crippen molar-refractivity contribution in [2.24, 2.45) is 0 Å². The number of carbonyl (C=O) groups is 1. The van der Waals surface area contributed by atoms with Crippen molar-refractivity contribution in [3.8, 4) is 11.8 Å². The average molecular weight is 320 g/mol. The lowest BCUT2D eigenvalue weighted by molar-refractivity contribution is -0.140. The van der Waals surface area contributed by atoms with Gasteiger partial charge in [-0.1, -0.05) is 23.4 Å². The summed E-state index contributed by atoms with van der Waals surface area (Å²) in [6, 6.07) is 4.05. The third kappa shape index (κ3) is 5.29. The Morgan fingerprint density at radius 1 is 1.43 bits per heavy atom. The van der Waals surface area contributed by atoms with Gasteiger partial charge in [-0.15, -0.1) is 0 Å². The molecular formula is C14H13ClF3NO2. The minimum atomic E-state index is -4.46. The Labute approximate surface area is 125 Å². The predicted molar refractivity (Wildman–Crippen MR) is 73.0 cm³/mol. The number of aliphatic hydroxyl groups is 1. The minimum absolute atomic E-state index is 0.0562. The molecule has 0 spiro atoms. The number of carbonyl (C=O) groups excluding carboxylic acids is 1. The number of alkyl halides is 3. The van der Waals surface area contributed by atoms with Crippen molar-refractivity contribution >= 4 is 17.5 Å². The van der Waals surface area contributed by atoms with Gasteiger partial charge in [0.1, 0.15) is 13.2 Å². The number of benzene rings is 1. The van der Waals surface area contributed by atoms with Crippen molar-refractivity contribution in [1.29, 1.82) is 0 Å². The molecular weight excluding hydrogens is 307 g/mol. The summed E-state index contributed by atoms with van der Waals surface area (Å²) in [7, 11) is 0. The molecule has 1 aromatic rings. The van der Waals surface area contributed by atoms with Crippen LogP contribution in [-0.4, -0.2) is 41.8 Å². The molecule has 0 bridgehead atoms. The van der Waals surface area contributed by atoms with Crippen molar-refractivity contribution in [2.75, 3.05) is 19.7 Å². The molecule has 0 radical (unpaired) electrons. The van der Waals surface area contributed by atoms with E-state index in [0.29, 0.717) is 10.5 Å². The molecule has 0 aliphatic carbocycles. The summed E-state index contributed by atoms with van der Waals surface area (Å²) < 4.78 is 37.2. The van der Waals surface area contributed by atoms with Crippen molar-refractivity contribution in [2.45, 2.75) is 13.1 Å². The maximum absolute atomic E-state index is 12.4. The number of nitrogens with zero attached hydrogens (tertiary/aromatic N) is 1. The molecule has 0 saturated carbocycles. The maximum atomic E-state index is 12.4. The standard InChI is InChI=1S/C14H13ClF3NO2/c1-2-19(9-14(16,17)18)13(21)11-6-5-10(4-3-7-20)12(15)8-11/h5-6,8,20H,2,7,9H2,1H3. The van der Waals surface area contributed by atoms with Crippen LogP contribution >= 0.6 is 11.6 Å². The van der Waals surface area contributed by atoms with Gasteiger partial charge in [-0.2, -0.15) is 13.2 Å². The van der Waals surface area contributed by atoms with Crippen LogP contribution in [0.1, 0.15) is 22.8 Å². The first-order valence-corrected chi connectivity index (χ1v) is 6.41. The number of aliphatic hydroxyl groups excluding tert-OH is 1. The van der Waals surface area contributed by atoms with Gasteiger partial charge < -0.3 is 10.0 Å². The van der Waals surface area contributed by atoms with E-state index in [1.54, 1.807) is 0 Å². The smallest absolute Gasteiger partial charge is 0.384 e. The Morgan fingerprint density at radius 2 is 2.10 bits per heavy atom. The lowest BCUT2D eigenvalue weighted by Gasteiger charge is -2.22. The monoisotopic (exact) mass is 319 g/mol. The zero-order chi connectivity index (χ0) is 16.0. The molecule has 21 heavy (non-hydrogen) atoms. The van der Waals surface area contributed by atoms with Crippen LogP contribution in [0.4, 0.5) is 13.2 Å². The number of hydrogen-bond acceptors (Lipinski definition) is 2. The fourth-order valence-corrected chi connectivity index (χ4v) is 1.84. The molecule has 3 nitrogen and oxygen atoms in total. The molecule has 1 N–H and O–H groups in total. The minimum Gasteiger partial charge on any atom is -0.384 e. The molecule has 7 heteroatoms. The Kier molecular flexibility index (Phi) is 6.06. The normalized spacial score (nSPS) is 10.8. The van der Waals surface area contributed by atoms with Crippen molar-refractivity contribution < 1.29 is 23.1 Å². The van der Waals surface area contributed by atoms with Gasteiger partial charge in [0.05, 0.1) is 5.02 Å². The second-order valence-electron chi connectivity index (χ2n) is 4.09. The van der Waals surface area contributed by atoms with Crippen LogP contribution in [-0.2, 0) is 0 Å². The SMILES string of the molecule is CCN(CC(F)(F)F)C(=O)c1ccc(C#CCO)c(Cl)c1. The summed E-state index contributed by atoms with van der Waals surface area (Å²) in [5.74, 6) is 4.22. The molecule has 0 fully saturated rings. The number of rotatable bonds is 3. The summed E-state index contributed by atoms with van der Waals surface area (Å²) in [6.07, 6.45) is -4.46. The van der Waals surface area contributed by atoms with Crippen LogP contribution in [0.2, 0.25) is 5.02 Å². The summed E-state index contributed by atoms with van der Waals surface area (Å²) in [6.45, 7) is -0.257.